The van der Waals surface area contributed by atoms with Gasteiger partial charge in [-0.15, -0.1) is 11.8 Å². The van der Waals surface area contributed by atoms with Gasteiger partial charge in [-0.3, -0.25) is 0 Å². The zero-order chi connectivity index (χ0) is 7.07. The van der Waals surface area contributed by atoms with Gasteiger partial charge >= 0.3 is 0 Å². The summed E-state index contributed by atoms with van der Waals surface area (Å²) in [6.07, 6.45) is 2.78. The highest BCUT2D eigenvalue weighted by atomic mass is 32.2. The minimum Gasteiger partial charge on any atom is -0.317 e. The van der Waals surface area contributed by atoms with Crippen LogP contribution < -0.4 is 10.6 Å². The van der Waals surface area contributed by atoms with Gasteiger partial charge in [0.15, 0.2) is 0 Å². The normalized spacial score (nSPS) is 24.0. The molecule has 0 bridgehead atoms. The van der Waals surface area contributed by atoms with Crippen LogP contribution in [-0.2, 0) is 0 Å². The van der Waals surface area contributed by atoms with Crippen molar-refractivity contribution >= 4 is 11.8 Å². The van der Waals surface area contributed by atoms with E-state index >= 15 is 0 Å². The highest BCUT2D eigenvalue weighted by Gasteiger charge is 1.93. The first kappa shape index (κ1) is 8.37. The van der Waals surface area contributed by atoms with Gasteiger partial charge in [-0.2, -0.15) is 0 Å². The molecule has 0 aromatic carbocycles. The first-order chi connectivity index (χ1) is 5.00. The Hall–Kier alpha value is 0.270. The van der Waals surface area contributed by atoms with E-state index in [0.29, 0.717) is 0 Å². The third kappa shape index (κ3) is 4.14. The van der Waals surface area contributed by atoms with E-state index in [-0.39, 0.29) is 0 Å². The molecule has 0 spiro atoms. The molecule has 2 aliphatic heterocycles. The van der Waals surface area contributed by atoms with Gasteiger partial charge in [0.25, 0.3) is 0 Å². The Labute approximate surface area is 67.1 Å². The van der Waals surface area contributed by atoms with Gasteiger partial charge in [0.1, 0.15) is 0 Å². The molecule has 2 nitrogen and oxygen atoms in total. The molecular formula is C7H16N2S. The van der Waals surface area contributed by atoms with Crippen LogP contribution in [0.1, 0.15) is 12.8 Å². The van der Waals surface area contributed by atoms with E-state index in [2.05, 4.69) is 10.6 Å². The topological polar surface area (TPSA) is 24.1 Å². The van der Waals surface area contributed by atoms with Crippen molar-refractivity contribution in [2.45, 2.75) is 12.8 Å². The molecule has 2 rings (SSSR count). The zero-order valence-electron chi connectivity index (χ0n) is 6.36. The van der Waals surface area contributed by atoms with E-state index < -0.39 is 0 Å². The number of thioether (sulfide) groups is 1. The molecular weight excluding hydrogens is 144 g/mol. The lowest BCUT2D eigenvalue weighted by Gasteiger charge is -1.76. The van der Waals surface area contributed by atoms with Crippen LogP contribution in [0.5, 0.6) is 0 Å². The molecule has 60 valence electrons. The van der Waals surface area contributed by atoms with Crippen LogP contribution in [0.15, 0.2) is 0 Å². The second-order valence-electron chi connectivity index (χ2n) is 2.51. The standard InChI is InChI=1S/C4H9N.C3H7NS/c1-2-4-5-3-1;1-2-5-3-4-1/h5H,1-4H2;4H,1-3H2. The van der Waals surface area contributed by atoms with Gasteiger partial charge in [0, 0.05) is 18.2 Å². The van der Waals surface area contributed by atoms with Gasteiger partial charge in [-0.1, -0.05) is 0 Å². The molecule has 2 N–H and O–H groups in total. The summed E-state index contributed by atoms with van der Waals surface area (Å²) in [5, 5.41) is 6.41. The fourth-order valence-electron chi connectivity index (χ4n) is 0.986. The van der Waals surface area contributed by atoms with Gasteiger partial charge in [-0.05, 0) is 25.9 Å². The van der Waals surface area contributed by atoms with Crippen LogP contribution in [0.3, 0.4) is 0 Å². The van der Waals surface area contributed by atoms with Crippen LogP contribution >= 0.6 is 11.8 Å². The van der Waals surface area contributed by atoms with Crippen molar-refractivity contribution in [2.24, 2.45) is 0 Å². The Morgan fingerprint density at radius 1 is 0.900 bits per heavy atom. The average molecular weight is 160 g/mol. The Morgan fingerprint density at radius 3 is 1.90 bits per heavy atom. The molecule has 0 saturated carbocycles. The largest absolute Gasteiger partial charge is 0.317 e. The third-order valence-electron chi connectivity index (χ3n) is 1.58. The Bertz CT molecular complexity index is 44.8. The fraction of sp³-hybridized carbons (Fsp3) is 1.00. The monoisotopic (exact) mass is 160 g/mol. The first-order valence-corrected chi connectivity index (χ1v) is 5.15. The fourth-order valence-corrected chi connectivity index (χ4v) is 1.71. The molecule has 10 heavy (non-hydrogen) atoms. The van der Waals surface area contributed by atoms with Crippen molar-refractivity contribution in [3.05, 3.63) is 0 Å². The second kappa shape index (κ2) is 6.01. The average Bonchev–Trinajstić information content (AvgIpc) is 2.67. The molecule has 0 aliphatic carbocycles. The molecule has 2 aliphatic rings. The summed E-state index contributed by atoms with van der Waals surface area (Å²) in [6.45, 7) is 3.71. The van der Waals surface area contributed by atoms with Crippen LogP contribution in [0.4, 0.5) is 0 Å². The lowest BCUT2D eigenvalue weighted by Crippen LogP contribution is -2.04. The zero-order valence-corrected chi connectivity index (χ0v) is 7.17. The molecule has 0 amide bonds. The predicted molar refractivity (Wildman–Crippen MR) is 47.4 cm³/mol. The number of nitrogens with one attached hydrogen (secondary N) is 2. The maximum Gasteiger partial charge on any atom is 0.0418 e. The lowest BCUT2D eigenvalue weighted by molar-refractivity contribution is 0.857. The maximum absolute atomic E-state index is 3.22. The summed E-state index contributed by atoms with van der Waals surface area (Å²) < 4.78 is 0. The predicted octanol–water partition coefficient (Wildman–Crippen LogP) is 0.650. The Balaban J connectivity index is 0.0000001000. The summed E-state index contributed by atoms with van der Waals surface area (Å²) in [4.78, 5) is 0. The summed E-state index contributed by atoms with van der Waals surface area (Å²) in [5.41, 5.74) is 0. The van der Waals surface area contributed by atoms with Crippen molar-refractivity contribution < 1.29 is 0 Å². The molecule has 2 saturated heterocycles. The van der Waals surface area contributed by atoms with E-state index in [9.17, 15) is 0 Å². The molecule has 0 unspecified atom stereocenters. The second-order valence-corrected chi connectivity index (χ2v) is 3.61. The molecule has 3 heteroatoms. The summed E-state index contributed by atoms with van der Waals surface area (Å²) in [7, 11) is 0. The lowest BCUT2D eigenvalue weighted by atomic mass is 10.4. The molecule has 2 fully saturated rings. The molecule has 0 aromatic rings. The van der Waals surface area contributed by atoms with E-state index in [1.165, 1.54) is 44.1 Å². The quantitative estimate of drug-likeness (QED) is 0.544. The molecule has 0 atom stereocenters. The van der Waals surface area contributed by atoms with Crippen LogP contribution in [0.2, 0.25) is 0 Å². The number of hydrogen-bond acceptors (Lipinski definition) is 3. The molecule has 0 aromatic heterocycles. The van der Waals surface area contributed by atoms with Crippen molar-refractivity contribution in [3.63, 3.8) is 0 Å². The van der Waals surface area contributed by atoms with E-state index in [1.54, 1.807) is 0 Å². The van der Waals surface area contributed by atoms with Crippen molar-refractivity contribution in [3.8, 4) is 0 Å². The van der Waals surface area contributed by atoms with E-state index in [4.69, 9.17) is 0 Å². The Morgan fingerprint density at radius 2 is 1.70 bits per heavy atom. The SMILES string of the molecule is C1CCNC1.C1CSCN1. The first-order valence-electron chi connectivity index (χ1n) is 3.99. The number of rotatable bonds is 0. The third-order valence-corrected chi connectivity index (χ3v) is 2.49. The maximum atomic E-state index is 3.22. The minimum absolute atomic E-state index is 1.17. The van der Waals surface area contributed by atoms with Crippen molar-refractivity contribution in [2.75, 3.05) is 31.3 Å². The number of hydrogen-bond donors (Lipinski definition) is 2. The van der Waals surface area contributed by atoms with Crippen LogP contribution in [-0.4, -0.2) is 31.3 Å². The van der Waals surface area contributed by atoms with E-state index in [0.717, 1.165) is 0 Å². The van der Waals surface area contributed by atoms with Gasteiger partial charge < -0.3 is 10.6 Å². The molecule has 2 heterocycles. The van der Waals surface area contributed by atoms with Crippen molar-refractivity contribution in [1.82, 2.24) is 10.6 Å². The van der Waals surface area contributed by atoms with Crippen LogP contribution in [0, 0.1) is 0 Å². The highest BCUT2D eigenvalue weighted by Crippen LogP contribution is 1.99. The summed E-state index contributed by atoms with van der Waals surface area (Å²) in [6, 6.07) is 0. The van der Waals surface area contributed by atoms with Gasteiger partial charge in [-0.25, -0.2) is 0 Å². The molecule has 0 radical (unpaired) electrons. The highest BCUT2D eigenvalue weighted by molar-refractivity contribution is 7.99. The van der Waals surface area contributed by atoms with E-state index in [1.807, 2.05) is 11.8 Å². The summed E-state index contributed by atoms with van der Waals surface area (Å²) in [5.74, 6) is 2.47. The smallest absolute Gasteiger partial charge is 0.0418 e. The summed E-state index contributed by atoms with van der Waals surface area (Å²) >= 11 is 1.96. The van der Waals surface area contributed by atoms with Crippen molar-refractivity contribution in [1.29, 1.82) is 0 Å². The van der Waals surface area contributed by atoms with Gasteiger partial charge in [0.05, 0.1) is 0 Å². The van der Waals surface area contributed by atoms with Gasteiger partial charge in [0.2, 0.25) is 0 Å². The van der Waals surface area contributed by atoms with Crippen LogP contribution in [0.25, 0.3) is 0 Å². The minimum atomic E-state index is 1.17. The Kier molecular flexibility index (Phi) is 5.03.